The number of benzene rings is 1. The molecule has 0 saturated carbocycles. The Bertz CT molecular complexity index is 814. The van der Waals surface area contributed by atoms with Crippen LogP contribution in [-0.2, 0) is 11.3 Å². The van der Waals surface area contributed by atoms with Crippen LogP contribution in [0.15, 0.2) is 49.1 Å². The van der Waals surface area contributed by atoms with Gasteiger partial charge in [-0.25, -0.2) is 4.79 Å². The third-order valence-electron chi connectivity index (χ3n) is 6.20. The number of urea groups is 1. The first kappa shape index (κ1) is 22.1. The van der Waals surface area contributed by atoms with Crippen molar-refractivity contribution in [2.45, 2.75) is 45.2 Å². The van der Waals surface area contributed by atoms with E-state index >= 15 is 0 Å². The lowest BCUT2D eigenvalue weighted by Crippen LogP contribution is -2.55. The van der Waals surface area contributed by atoms with Gasteiger partial charge in [-0.1, -0.05) is 49.9 Å². The number of carbonyl (C=O) groups is 2. The molecule has 2 heterocycles. The van der Waals surface area contributed by atoms with E-state index in [1.54, 1.807) is 6.08 Å². The topological polar surface area (TPSA) is 61.9 Å². The van der Waals surface area contributed by atoms with Gasteiger partial charge in [-0.15, -0.1) is 0 Å². The minimum atomic E-state index is -0.788. The normalized spacial score (nSPS) is 22.8. The van der Waals surface area contributed by atoms with E-state index in [2.05, 4.69) is 29.4 Å². The second kappa shape index (κ2) is 9.47. The van der Waals surface area contributed by atoms with Crippen molar-refractivity contribution in [1.82, 2.24) is 15.1 Å². The predicted molar refractivity (Wildman–Crippen MR) is 118 cm³/mol. The molecule has 0 aromatic heterocycles. The number of likely N-dealkylation sites (tertiary alicyclic amines) is 1. The van der Waals surface area contributed by atoms with Gasteiger partial charge in [-0.05, 0) is 51.3 Å². The number of hydrogen-bond acceptors (Lipinski definition) is 4. The van der Waals surface area contributed by atoms with Crippen molar-refractivity contribution in [2.24, 2.45) is 5.92 Å². The van der Waals surface area contributed by atoms with Crippen molar-refractivity contribution in [3.05, 3.63) is 54.6 Å². The van der Waals surface area contributed by atoms with Crippen molar-refractivity contribution in [1.29, 1.82) is 0 Å². The van der Waals surface area contributed by atoms with E-state index < -0.39 is 5.54 Å². The van der Waals surface area contributed by atoms with Crippen LogP contribution in [0.2, 0.25) is 0 Å². The van der Waals surface area contributed by atoms with Gasteiger partial charge < -0.3 is 10.1 Å². The second-order valence-corrected chi connectivity index (χ2v) is 8.36. The van der Waals surface area contributed by atoms with Crippen LogP contribution in [0.1, 0.15) is 38.7 Å². The predicted octanol–water partition coefficient (Wildman–Crippen LogP) is 3.74. The molecule has 0 bridgehead atoms. The quantitative estimate of drug-likeness (QED) is 0.497. The number of imide groups is 1. The molecular weight excluding hydrogens is 378 g/mol. The van der Waals surface area contributed by atoms with E-state index in [0.717, 1.165) is 49.4 Å². The zero-order valence-corrected chi connectivity index (χ0v) is 18.2. The summed E-state index contributed by atoms with van der Waals surface area (Å²) in [4.78, 5) is 29.4. The highest BCUT2D eigenvalue weighted by Crippen LogP contribution is 2.37. The number of hydrogen-bond donors (Lipinski definition) is 1. The van der Waals surface area contributed by atoms with Crippen LogP contribution in [0, 0.1) is 5.92 Å². The van der Waals surface area contributed by atoms with Crippen molar-refractivity contribution < 1.29 is 14.3 Å². The summed E-state index contributed by atoms with van der Waals surface area (Å²) < 4.78 is 5.78. The zero-order chi connectivity index (χ0) is 21.7. The largest absolute Gasteiger partial charge is 0.489 e. The van der Waals surface area contributed by atoms with Gasteiger partial charge in [0, 0.05) is 12.1 Å². The van der Waals surface area contributed by atoms with Gasteiger partial charge in [0.05, 0.1) is 6.54 Å². The Hall–Kier alpha value is -2.60. The van der Waals surface area contributed by atoms with Crippen molar-refractivity contribution in [2.75, 3.05) is 26.2 Å². The number of nitrogens with zero attached hydrogens (tertiary/aromatic N) is 2. The molecule has 1 atom stereocenters. The van der Waals surface area contributed by atoms with Crippen LogP contribution < -0.4 is 10.1 Å². The van der Waals surface area contributed by atoms with Gasteiger partial charge in [-0.2, -0.15) is 0 Å². The van der Waals surface area contributed by atoms with Crippen LogP contribution in [0.3, 0.4) is 0 Å². The molecule has 162 valence electrons. The van der Waals surface area contributed by atoms with E-state index in [1.807, 2.05) is 32.0 Å². The smallest absolute Gasteiger partial charge is 0.325 e. The SMILES string of the molecule is C=CCOc1ccccc1CN1CCC(C2(CC)NC(=O)N(CC(=C)C)C2=O)CC1. The van der Waals surface area contributed by atoms with E-state index in [9.17, 15) is 9.59 Å². The number of rotatable bonds is 9. The molecule has 1 aromatic rings. The number of para-hydroxylation sites is 1. The van der Waals surface area contributed by atoms with E-state index in [0.29, 0.717) is 13.0 Å². The van der Waals surface area contributed by atoms with Crippen LogP contribution in [0.4, 0.5) is 4.79 Å². The molecule has 1 unspecified atom stereocenters. The molecule has 3 amide bonds. The fourth-order valence-corrected chi connectivity index (χ4v) is 4.61. The lowest BCUT2D eigenvalue weighted by atomic mass is 9.75. The fraction of sp³-hybridized carbons (Fsp3) is 0.500. The van der Waals surface area contributed by atoms with Crippen LogP contribution in [0.25, 0.3) is 0 Å². The fourth-order valence-electron chi connectivity index (χ4n) is 4.61. The number of nitrogens with one attached hydrogen (secondary N) is 1. The van der Waals surface area contributed by atoms with Gasteiger partial charge in [0.15, 0.2) is 0 Å². The molecule has 1 aromatic carbocycles. The number of amides is 3. The standard InChI is InChI=1S/C24H33N3O3/c1-5-15-30-21-10-8-7-9-19(21)17-26-13-11-20(12-14-26)24(6-2)22(28)27(16-18(3)4)23(29)25-24/h5,7-10,20H,1,3,6,11-17H2,2,4H3,(H,25,29). The van der Waals surface area contributed by atoms with Crippen LogP contribution in [-0.4, -0.2) is 53.5 Å². The van der Waals surface area contributed by atoms with Gasteiger partial charge in [0.25, 0.3) is 5.91 Å². The lowest BCUT2D eigenvalue weighted by Gasteiger charge is -2.40. The summed E-state index contributed by atoms with van der Waals surface area (Å²) in [5, 5.41) is 3.04. The lowest BCUT2D eigenvalue weighted by molar-refractivity contribution is -0.134. The summed E-state index contributed by atoms with van der Waals surface area (Å²) in [5.41, 5.74) is 1.17. The van der Waals surface area contributed by atoms with Gasteiger partial charge in [0.1, 0.15) is 17.9 Å². The minimum absolute atomic E-state index is 0.0976. The average Bonchev–Trinajstić information content (AvgIpc) is 2.98. The maximum absolute atomic E-state index is 13.2. The third kappa shape index (κ3) is 4.43. The Kier molecular flexibility index (Phi) is 6.98. The zero-order valence-electron chi connectivity index (χ0n) is 18.2. The molecular formula is C24H33N3O3. The molecule has 30 heavy (non-hydrogen) atoms. The van der Waals surface area contributed by atoms with Crippen molar-refractivity contribution in [3.63, 3.8) is 0 Å². The number of carbonyl (C=O) groups excluding carboxylic acids is 2. The molecule has 6 nitrogen and oxygen atoms in total. The van der Waals surface area contributed by atoms with E-state index in [4.69, 9.17) is 4.74 Å². The minimum Gasteiger partial charge on any atom is -0.489 e. The van der Waals surface area contributed by atoms with E-state index in [1.165, 1.54) is 4.90 Å². The van der Waals surface area contributed by atoms with Gasteiger partial charge in [0.2, 0.25) is 0 Å². The summed E-state index contributed by atoms with van der Waals surface area (Å²) in [6.45, 7) is 14.7. The maximum Gasteiger partial charge on any atom is 0.325 e. The number of piperidine rings is 1. The third-order valence-corrected chi connectivity index (χ3v) is 6.20. The van der Waals surface area contributed by atoms with Crippen LogP contribution in [0.5, 0.6) is 5.75 Å². The summed E-state index contributed by atoms with van der Waals surface area (Å²) in [7, 11) is 0. The number of ether oxygens (including phenoxy) is 1. The Balaban J connectivity index is 1.65. The first-order chi connectivity index (χ1) is 14.4. The summed E-state index contributed by atoms with van der Waals surface area (Å²) >= 11 is 0. The molecule has 2 fully saturated rings. The van der Waals surface area contributed by atoms with Crippen LogP contribution >= 0.6 is 0 Å². The molecule has 0 aliphatic carbocycles. The molecule has 2 aliphatic rings. The monoisotopic (exact) mass is 411 g/mol. The van der Waals surface area contributed by atoms with Crippen molar-refractivity contribution in [3.8, 4) is 5.75 Å². The molecule has 2 aliphatic heterocycles. The average molecular weight is 412 g/mol. The second-order valence-electron chi connectivity index (χ2n) is 8.36. The summed E-state index contributed by atoms with van der Waals surface area (Å²) in [6, 6.07) is 7.79. The molecule has 2 saturated heterocycles. The van der Waals surface area contributed by atoms with Crippen molar-refractivity contribution >= 4 is 11.9 Å². The maximum atomic E-state index is 13.2. The Morgan fingerprint density at radius 3 is 2.63 bits per heavy atom. The summed E-state index contributed by atoms with van der Waals surface area (Å²) in [6.07, 6.45) is 4.09. The molecule has 3 rings (SSSR count). The van der Waals surface area contributed by atoms with Gasteiger partial charge >= 0.3 is 6.03 Å². The first-order valence-corrected chi connectivity index (χ1v) is 10.7. The Morgan fingerprint density at radius 2 is 2.00 bits per heavy atom. The van der Waals surface area contributed by atoms with E-state index in [-0.39, 0.29) is 24.4 Å². The Labute approximate surface area is 179 Å². The summed E-state index contributed by atoms with van der Waals surface area (Å²) in [5.74, 6) is 0.926. The molecule has 1 N–H and O–H groups in total. The molecule has 6 heteroatoms. The molecule has 0 spiro atoms. The highest BCUT2D eigenvalue weighted by Gasteiger charge is 2.54. The van der Waals surface area contributed by atoms with Gasteiger partial charge in [-0.3, -0.25) is 14.6 Å². The highest BCUT2D eigenvalue weighted by atomic mass is 16.5. The first-order valence-electron chi connectivity index (χ1n) is 10.7. The molecule has 0 radical (unpaired) electrons. The Morgan fingerprint density at radius 1 is 1.30 bits per heavy atom. The highest BCUT2D eigenvalue weighted by molar-refractivity contribution is 6.07.